The number of hydrogen-bond donors (Lipinski definition) is 1. The van der Waals surface area contributed by atoms with Crippen molar-refractivity contribution in [2.45, 2.75) is 50.4 Å². The smallest absolute Gasteiger partial charge is 0.325 e. The zero-order chi connectivity index (χ0) is 27.2. The van der Waals surface area contributed by atoms with E-state index in [0.29, 0.717) is 13.1 Å². The lowest BCUT2D eigenvalue weighted by atomic mass is 10.1. The molecule has 0 saturated carbocycles. The number of rotatable bonds is 10. The van der Waals surface area contributed by atoms with E-state index in [9.17, 15) is 26.7 Å². The summed E-state index contributed by atoms with van der Waals surface area (Å²) in [4.78, 5) is 13.8. The molecule has 0 aliphatic heterocycles. The second-order valence-electron chi connectivity index (χ2n) is 9.35. The molecule has 0 bridgehead atoms. The number of ether oxygens (including phenoxy) is 1. The molecule has 37 heavy (non-hydrogen) atoms. The number of nitrogens with zero attached hydrogens (tertiary/aromatic N) is 1. The molecule has 3 aromatic carbocycles. The van der Waals surface area contributed by atoms with Gasteiger partial charge >= 0.3 is 5.97 Å². The highest BCUT2D eigenvalue weighted by Gasteiger charge is 2.31. The molecular formula is C27H27F5N2O2S. The van der Waals surface area contributed by atoms with Crippen LogP contribution in [0.5, 0.6) is 0 Å². The topological polar surface area (TPSA) is 41.6 Å². The van der Waals surface area contributed by atoms with Gasteiger partial charge in [-0.25, -0.2) is 26.7 Å². The summed E-state index contributed by atoms with van der Waals surface area (Å²) in [5.41, 5.74) is 1.03. The van der Waals surface area contributed by atoms with Gasteiger partial charge in [0.25, 0.3) is 0 Å². The molecule has 0 fully saturated rings. The van der Waals surface area contributed by atoms with E-state index in [-0.39, 0.29) is 18.5 Å². The number of hydrogen-bond acceptors (Lipinski definition) is 5. The van der Waals surface area contributed by atoms with Gasteiger partial charge in [0, 0.05) is 19.6 Å². The van der Waals surface area contributed by atoms with Crippen LogP contribution in [0.1, 0.15) is 31.9 Å². The number of carbonyl (C=O) groups is 1. The first kappa shape index (κ1) is 28.6. The predicted octanol–water partition coefficient (Wildman–Crippen LogP) is 6.39. The maximum Gasteiger partial charge on any atom is 0.325 e. The van der Waals surface area contributed by atoms with Crippen molar-refractivity contribution < 1.29 is 31.5 Å². The number of benzene rings is 3. The third-order valence-corrected chi connectivity index (χ3v) is 6.07. The zero-order valence-corrected chi connectivity index (χ0v) is 21.4. The van der Waals surface area contributed by atoms with E-state index in [1.165, 1.54) is 0 Å². The molecule has 4 nitrogen and oxygen atoms in total. The van der Waals surface area contributed by atoms with E-state index >= 15 is 0 Å². The Balaban J connectivity index is 1.89. The third kappa shape index (κ3) is 8.02. The monoisotopic (exact) mass is 538 g/mol. The van der Waals surface area contributed by atoms with E-state index in [4.69, 9.17) is 4.74 Å². The summed E-state index contributed by atoms with van der Waals surface area (Å²) in [6.07, 6.45) is 0. The fourth-order valence-electron chi connectivity index (χ4n) is 3.46. The van der Waals surface area contributed by atoms with Gasteiger partial charge in [0.05, 0.1) is 0 Å². The number of carbonyl (C=O) groups excluding carboxylic acids is 1. The van der Waals surface area contributed by atoms with Crippen LogP contribution in [0.25, 0.3) is 0 Å². The van der Waals surface area contributed by atoms with Gasteiger partial charge in [0.15, 0.2) is 23.3 Å². The highest BCUT2D eigenvalue weighted by Crippen LogP contribution is 2.30. The van der Waals surface area contributed by atoms with Crippen molar-refractivity contribution in [3.05, 3.63) is 101 Å². The Morgan fingerprint density at radius 3 is 1.68 bits per heavy atom. The van der Waals surface area contributed by atoms with E-state index in [0.717, 1.165) is 11.1 Å². The van der Waals surface area contributed by atoms with Crippen LogP contribution >= 0.6 is 11.9 Å². The van der Waals surface area contributed by atoms with Crippen LogP contribution in [0, 0.1) is 29.1 Å². The van der Waals surface area contributed by atoms with Crippen molar-refractivity contribution in [2.75, 3.05) is 6.54 Å². The first-order chi connectivity index (χ1) is 17.5. The normalized spacial score (nSPS) is 12.6. The third-order valence-electron chi connectivity index (χ3n) is 5.10. The van der Waals surface area contributed by atoms with Gasteiger partial charge < -0.3 is 4.74 Å². The minimum Gasteiger partial charge on any atom is -0.459 e. The van der Waals surface area contributed by atoms with Gasteiger partial charge in [0.1, 0.15) is 16.5 Å². The van der Waals surface area contributed by atoms with Gasteiger partial charge in [-0.1, -0.05) is 60.7 Å². The van der Waals surface area contributed by atoms with E-state index < -0.39 is 51.6 Å². The Morgan fingerprint density at radius 2 is 1.24 bits per heavy atom. The van der Waals surface area contributed by atoms with Crippen molar-refractivity contribution in [3.8, 4) is 0 Å². The van der Waals surface area contributed by atoms with Crippen LogP contribution in [0.3, 0.4) is 0 Å². The molecule has 1 N–H and O–H groups in total. The molecule has 1 atom stereocenters. The summed E-state index contributed by atoms with van der Waals surface area (Å²) < 4.78 is 77.4. The van der Waals surface area contributed by atoms with Crippen molar-refractivity contribution in [1.29, 1.82) is 0 Å². The Kier molecular flexibility index (Phi) is 9.69. The molecule has 0 amide bonds. The number of esters is 1. The molecule has 0 spiro atoms. The lowest BCUT2D eigenvalue weighted by Crippen LogP contribution is -2.46. The van der Waals surface area contributed by atoms with E-state index in [1.807, 2.05) is 65.6 Å². The van der Waals surface area contributed by atoms with Crippen LogP contribution in [0.2, 0.25) is 0 Å². The van der Waals surface area contributed by atoms with Gasteiger partial charge in [-0.15, -0.1) is 0 Å². The zero-order valence-electron chi connectivity index (χ0n) is 20.5. The first-order valence-electron chi connectivity index (χ1n) is 11.4. The maximum absolute atomic E-state index is 14.3. The Labute approximate surface area is 217 Å². The fraction of sp³-hybridized carbons (Fsp3) is 0.296. The summed E-state index contributed by atoms with van der Waals surface area (Å²) >= 11 is 0.154. The molecule has 1 unspecified atom stereocenters. The van der Waals surface area contributed by atoms with Gasteiger partial charge in [0.2, 0.25) is 5.82 Å². The van der Waals surface area contributed by atoms with E-state index in [1.54, 1.807) is 20.8 Å². The number of nitrogens with one attached hydrogen (secondary N) is 1. The average Bonchev–Trinajstić information content (AvgIpc) is 2.85. The Hall–Kier alpha value is -2.95. The van der Waals surface area contributed by atoms with Crippen LogP contribution in [-0.4, -0.2) is 29.1 Å². The summed E-state index contributed by atoms with van der Waals surface area (Å²) in [6, 6.07) is 17.7. The molecule has 0 aliphatic carbocycles. The highest BCUT2D eigenvalue weighted by atomic mass is 32.2. The molecule has 3 aromatic rings. The maximum atomic E-state index is 14.3. The summed E-state index contributed by atoms with van der Waals surface area (Å²) in [6.45, 7) is 5.83. The second-order valence-corrected chi connectivity index (χ2v) is 10.2. The molecule has 0 saturated heterocycles. The van der Waals surface area contributed by atoms with E-state index in [2.05, 4.69) is 4.72 Å². The largest absolute Gasteiger partial charge is 0.459 e. The molecule has 0 aromatic heterocycles. The number of halogens is 5. The second kappa shape index (κ2) is 12.5. The fourth-order valence-corrected chi connectivity index (χ4v) is 4.25. The van der Waals surface area contributed by atoms with Crippen LogP contribution in [0.4, 0.5) is 22.0 Å². The average molecular weight is 539 g/mol. The summed E-state index contributed by atoms with van der Waals surface area (Å²) in [7, 11) is 0. The van der Waals surface area contributed by atoms with Crippen LogP contribution in [0.15, 0.2) is 65.6 Å². The summed E-state index contributed by atoms with van der Waals surface area (Å²) in [5, 5.41) is 0. The molecule has 3 rings (SSSR count). The minimum atomic E-state index is -2.25. The van der Waals surface area contributed by atoms with Crippen molar-refractivity contribution in [1.82, 2.24) is 9.62 Å². The lowest BCUT2D eigenvalue weighted by molar-refractivity contribution is -0.157. The van der Waals surface area contributed by atoms with Crippen LogP contribution < -0.4 is 4.72 Å². The van der Waals surface area contributed by atoms with Crippen LogP contribution in [-0.2, 0) is 22.6 Å². The lowest BCUT2D eigenvalue weighted by Gasteiger charge is -2.29. The molecular weight excluding hydrogens is 511 g/mol. The van der Waals surface area contributed by atoms with Gasteiger partial charge in [-0.3, -0.25) is 9.69 Å². The first-order valence-corrected chi connectivity index (χ1v) is 12.2. The quantitative estimate of drug-likeness (QED) is 0.107. The molecule has 0 aliphatic rings. The summed E-state index contributed by atoms with van der Waals surface area (Å²) in [5.74, 6) is -11.1. The standard InChI is InChI=1S/C27H27F5N2O2S/c1-27(2,3)36-26(35)19(33-37-25-23(31)21(29)20(28)22(30)24(25)32)16-34(14-17-10-6-4-7-11-17)15-18-12-8-5-9-13-18/h4-13,19,33H,14-16H2,1-3H3. The Morgan fingerprint density at radius 1 is 0.811 bits per heavy atom. The predicted molar refractivity (Wildman–Crippen MR) is 132 cm³/mol. The van der Waals surface area contributed by atoms with Crippen molar-refractivity contribution in [2.24, 2.45) is 0 Å². The van der Waals surface area contributed by atoms with Gasteiger partial charge in [-0.2, -0.15) is 0 Å². The molecule has 10 heteroatoms. The van der Waals surface area contributed by atoms with Crippen molar-refractivity contribution >= 4 is 17.9 Å². The Bertz CT molecular complexity index is 1140. The minimum absolute atomic E-state index is 0.0150. The van der Waals surface area contributed by atoms with Gasteiger partial charge in [-0.05, 0) is 43.8 Å². The molecule has 0 heterocycles. The van der Waals surface area contributed by atoms with Crippen molar-refractivity contribution in [3.63, 3.8) is 0 Å². The molecule has 0 radical (unpaired) electrons. The SMILES string of the molecule is CC(C)(C)OC(=O)C(CN(Cc1ccccc1)Cc1ccccc1)NSc1c(F)c(F)c(F)c(F)c1F. The highest BCUT2D eigenvalue weighted by molar-refractivity contribution is 7.97. The molecule has 198 valence electrons.